The van der Waals surface area contributed by atoms with E-state index in [1.54, 1.807) is 6.07 Å². The minimum Gasteiger partial charge on any atom is -0.384 e. The van der Waals surface area contributed by atoms with Gasteiger partial charge in [-0.15, -0.1) is 0 Å². The van der Waals surface area contributed by atoms with E-state index in [1.807, 2.05) is 38.1 Å². The summed E-state index contributed by atoms with van der Waals surface area (Å²) in [4.78, 5) is 29.9. The van der Waals surface area contributed by atoms with Crippen LogP contribution in [0.3, 0.4) is 0 Å². The highest BCUT2D eigenvalue weighted by molar-refractivity contribution is 5.93. The monoisotopic (exact) mass is 391 g/mol. The Labute approximate surface area is 169 Å². The molecule has 8 heteroatoms. The van der Waals surface area contributed by atoms with Crippen LogP contribution in [0.4, 0.5) is 17.3 Å². The van der Waals surface area contributed by atoms with E-state index in [0.29, 0.717) is 18.0 Å². The molecule has 1 fully saturated rings. The van der Waals surface area contributed by atoms with Crippen molar-refractivity contribution in [3.8, 4) is 0 Å². The van der Waals surface area contributed by atoms with Gasteiger partial charge < -0.3 is 16.0 Å². The van der Waals surface area contributed by atoms with E-state index in [4.69, 9.17) is 5.73 Å². The second kappa shape index (κ2) is 8.00. The number of nitrogen functional groups attached to an aromatic ring is 1. The number of carbonyl (C=O) groups is 1. The molecule has 0 saturated carbocycles. The number of nitrogens with two attached hydrogens (primary N) is 1. The van der Waals surface area contributed by atoms with Crippen LogP contribution in [0.5, 0.6) is 0 Å². The zero-order valence-corrected chi connectivity index (χ0v) is 16.7. The molecule has 1 aromatic carbocycles. The summed E-state index contributed by atoms with van der Waals surface area (Å²) >= 11 is 0. The molecule has 3 N–H and O–H groups in total. The maximum Gasteiger partial charge on any atom is 0.238 e. The number of rotatable bonds is 4. The lowest BCUT2D eigenvalue weighted by atomic mass is 10.1. The van der Waals surface area contributed by atoms with Crippen molar-refractivity contribution < 1.29 is 4.79 Å². The molecule has 2 aromatic heterocycles. The van der Waals surface area contributed by atoms with Gasteiger partial charge in [0.05, 0.1) is 11.9 Å². The number of hydrogen-bond donors (Lipinski definition) is 2. The van der Waals surface area contributed by atoms with Gasteiger partial charge in [-0.1, -0.05) is 18.2 Å². The Morgan fingerprint density at radius 3 is 2.52 bits per heavy atom. The van der Waals surface area contributed by atoms with Crippen molar-refractivity contribution in [1.29, 1.82) is 0 Å². The molecule has 0 bridgehead atoms. The fourth-order valence-corrected chi connectivity index (χ4v) is 3.71. The number of aromatic nitrogens is 3. The number of hydrogen-bond acceptors (Lipinski definition) is 7. The maximum atomic E-state index is 12.5. The summed E-state index contributed by atoms with van der Waals surface area (Å²) in [6.07, 6.45) is 1.52. The fourth-order valence-electron chi connectivity index (χ4n) is 3.71. The molecular weight excluding hydrogens is 366 g/mol. The maximum absolute atomic E-state index is 12.5. The van der Waals surface area contributed by atoms with Crippen LogP contribution < -0.4 is 16.0 Å². The third-order valence-electron chi connectivity index (χ3n) is 5.28. The lowest BCUT2D eigenvalue weighted by Crippen LogP contribution is -2.49. The number of nitrogens with one attached hydrogen (secondary N) is 1. The van der Waals surface area contributed by atoms with Gasteiger partial charge in [0.1, 0.15) is 18.0 Å². The lowest BCUT2D eigenvalue weighted by Gasteiger charge is -2.35. The number of nitrogens with zero attached hydrogens (tertiary/aromatic N) is 5. The van der Waals surface area contributed by atoms with E-state index in [1.165, 1.54) is 6.33 Å². The molecule has 1 aliphatic rings. The van der Waals surface area contributed by atoms with E-state index in [0.717, 1.165) is 54.2 Å². The minimum atomic E-state index is 0.0167. The zero-order chi connectivity index (χ0) is 20.4. The third kappa shape index (κ3) is 4.12. The standard InChI is InChI=1S/C21H25N7O/c1-14-4-3-5-15(2)19(14)26-18(29)12-27-8-10-28(11-9-27)21-16-6-7-17(22)25-20(16)23-13-24-21/h3-7,13H,8-12H2,1-2H3,(H,26,29)(H2,22,23,24,25). The van der Waals surface area contributed by atoms with E-state index in [9.17, 15) is 4.79 Å². The van der Waals surface area contributed by atoms with E-state index < -0.39 is 0 Å². The number of piperazine rings is 1. The first-order valence-electron chi connectivity index (χ1n) is 9.72. The van der Waals surface area contributed by atoms with Crippen molar-refractivity contribution in [3.05, 3.63) is 47.8 Å². The van der Waals surface area contributed by atoms with E-state index in [-0.39, 0.29) is 5.91 Å². The van der Waals surface area contributed by atoms with Crippen molar-refractivity contribution in [1.82, 2.24) is 19.9 Å². The number of amides is 1. The number of aryl methyl sites for hydroxylation is 2. The van der Waals surface area contributed by atoms with Crippen LogP contribution in [0.1, 0.15) is 11.1 Å². The molecule has 0 radical (unpaired) electrons. The summed E-state index contributed by atoms with van der Waals surface area (Å²) in [6, 6.07) is 9.70. The Kier molecular flexibility index (Phi) is 5.26. The van der Waals surface area contributed by atoms with Crippen LogP contribution in [-0.4, -0.2) is 58.5 Å². The normalized spacial score (nSPS) is 14.9. The van der Waals surface area contributed by atoms with Crippen molar-refractivity contribution >= 4 is 34.3 Å². The van der Waals surface area contributed by atoms with Gasteiger partial charge in [0, 0.05) is 31.9 Å². The van der Waals surface area contributed by atoms with Crippen LogP contribution >= 0.6 is 0 Å². The molecule has 0 aliphatic carbocycles. The van der Waals surface area contributed by atoms with Gasteiger partial charge in [-0.2, -0.15) is 0 Å². The van der Waals surface area contributed by atoms with Crippen molar-refractivity contribution in [2.24, 2.45) is 0 Å². The summed E-state index contributed by atoms with van der Waals surface area (Å²) in [5, 5.41) is 3.95. The second-order valence-electron chi connectivity index (χ2n) is 7.38. The summed E-state index contributed by atoms with van der Waals surface area (Å²) in [6.45, 7) is 7.54. The van der Waals surface area contributed by atoms with Gasteiger partial charge >= 0.3 is 0 Å². The van der Waals surface area contributed by atoms with Crippen molar-refractivity contribution in [2.75, 3.05) is 48.7 Å². The Bertz CT molecular complexity index is 1020. The highest BCUT2D eigenvalue weighted by Crippen LogP contribution is 2.24. The van der Waals surface area contributed by atoms with Gasteiger partial charge in [0.25, 0.3) is 0 Å². The first-order chi connectivity index (χ1) is 14.0. The number of benzene rings is 1. The molecule has 29 heavy (non-hydrogen) atoms. The average molecular weight is 391 g/mol. The van der Waals surface area contributed by atoms with Crippen LogP contribution in [0.25, 0.3) is 11.0 Å². The average Bonchev–Trinajstić information content (AvgIpc) is 2.71. The van der Waals surface area contributed by atoms with Gasteiger partial charge in [0.2, 0.25) is 5.91 Å². The van der Waals surface area contributed by atoms with E-state index in [2.05, 4.69) is 30.1 Å². The largest absolute Gasteiger partial charge is 0.384 e. The highest BCUT2D eigenvalue weighted by Gasteiger charge is 2.22. The highest BCUT2D eigenvalue weighted by atomic mass is 16.2. The summed E-state index contributed by atoms with van der Waals surface area (Å²) < 4.78 is 0. The summed E-state index contributed by atoms with van der Waals surface area (Å²) in [5.74, 6) is 1.33. The third-order valence-corrected chi connectivity index (χ3v) is 5.28. The van der Waals surface area contributed by atoms with Crippen LogP contribution in [0.15, 0.2) is 36.7 Å². The van der Waals surface area contributed by atoms with Crippen LogP contribution in [0.2, 0.25) is 0 Å². The number of anilines is 3. The second-order valence-corrected chi connectivity index (χ2v) is 7.38. The molecule has 1 aliphatic heterocycles. The topological polar surface area (TPSA) is 100 Å². The molecule has 4 rings (SSSR count). The molecule has 0 unspecified atom stereocenters. The molecular formula is C21H25N7O. The molecule has 3 aromatic rings. The Hall–Kier alpha value is -3.26. The predicted molar refractivity (Wildman–Crippen MR) is 115 cm³/mol. The fraction of sp³-hybridized carbons (Fsp3) is 0.333. The summed E-state index contributed by atoms with van der Waals surface area (Å²) in [5.41, 5.74) is 9.43. The number of para-hydroxylation sites is 1. The Balaban J connectivity index is 1.38. The lowest BCUT2D eigenvalue weighted by molar-refractivity contribution is -0.117. The van der Waals surface area contributed by atoms with Gasteiger partial charge in [-0.3, -0.25) is 9.69 Å². The van der Waals surface area contributed by atoms with Gasteiger partial charge in [-0.05, 0) is 37.1 Å². The first-order valence-corrected chi connectivity index (χ1v) is 9.72. The van der Waals surface area contributed by atoms with Crippen LogP contribution in [0, 0.1) is 13.8 Å². The summed E-state index contributed by atoms with van der Waals surface area (Å²) in [7, 11) is 0. The van der Waals surface area contributed by atoms with Gasteiger partial charge in [0.15, 0.2) is 5.65 Å². The molecule has 1 saturated heterocycles. The minimum absolute atomic E-state index is 0.0167. The molecule has 150 valence electrons. The Morgan fingerprint density at radius 1 is 1.07 bits per heavy atom. The molecule has 3 heterocycles. The Morgan fingerprint density at radius 2 is 1.79 bits per heavy atom. The molecule has 0 spiro atoms. The quantitative estimate of drug-likeness (QED) is 0.701. The van der Waals surface area contributed by atoms with E-state index >= 15 is 0 Å². The SMILES string of the molecule is Cc1cccc(C)c1NC(=O)CN1CCN(c2ncnc3nc(N)ccc23)CC1. The number of fused-ring (bicyclic) bond motifs is 1. The molecule has 1 amide bonds. The zero-order valence-electron chi connectivity index (χ0n) is 16.7. The van der Waals surface area contributed by atoms with Crippen molar-refractivity contribution in [2.45, 2.75) is 13.8 Å². The van der Waals surface area contributed by atoms with Gasteiger partial charge in [-0.25, -0.2) is 15.0 Å². The number of pyridine rings is 1. The number of carbonyl (C=O) groups excluding carboxylic acids is 1. The molecule has 8 nitrogen and oxygen atoms in total. The molecule has 0 atom stereocenters. The van der Waals surface area contributed by atoms with Crippen molar-refractivity contribution in [3.63, 3.8) is 0 Å². The first kappa shape index (κ1) is 19.1. The smallest absolute Gasteiger partial charge is 0.238 e. The predicted octanol–water partition coefficient (Wildman–Crippen LogP) is 1.98. The van der Waals surface area contributed by atoms with Crippen LogP contribution in [-0.2, 0) is 4.79 Å².